The van der Waals surface area contributed by atoms with Crippen molar-refractivity contribution >= 4 is 34.7 Å². The van der Waals surface area contributed by atoms with E-state index in [1.54, 1.807) is 40.5 Å². The van der Waals surface area contributed by atoms with Gasteiger partial charge < -0.3 is 56.9 Å². The molecule has 11 rings (SSSR count). The van der Waals surface area contributed by atoms with E-state index in [9.17, 15) is 19.8 Å². The number of piperazine rings is 1. The van der Waals surface area contributed by atoms with Gasteiger partial charge in [-0.25, -0.2) is 4.98 Å². The van der Waals surface area contributed by atoms with Crippen molar-refractivity contribution in [2.24, 2.45) is 34.5 Å². The SMILES string of the molecule is CC.CN1C2CCC1CN(C(/C=C(\N)c1ccccc1O)=C(N)N)C2.Cc1ncsc1-c1ccc(C(C)NC(=O)C2CCCN2C(=O)C(c2cc(N3CCC(CN4CCC5(CC4)CC(N4CCCC(O)C4)C5)CC3)no2)C(C)C)cc1. The molecule has 6 atom stereocenters. The van der Waals surface area contributed by atoms with Crippen LogP contribution in [0, 0.1) is 24.2 Å². The Labute approximate surface area is 485 Å². The number of amides is 2. The minimum atomic E-state index is -0.502. The first kappa shape index (κ1) is 59.9. The van der Waals surface area contributed by atoms with Crippen molar-refractivity contribution in [3.63, 3.8) is 0 Å². The highest BCUT2D eigenvalue weighted by molar-refractivity contribution is 7.13. The molecule has 2 amide bonds. The van der Waals surface area contributed by atoms with E-state index in [-0.39, 0.29) is 41.4 Å². The number of benzene rings is 2. The molecule has 7 aliphatic rings. The number of phenolic OH excluding ortho intramolecular Hbond substituents is 1. The number of β-amino-alcohol motifs (C(OH)–C–C–N with tert-alkyl or cyclic N) is 1. The number of aliphatic hydroxyl groups excluding tert-OH is 1. The number of aromatic hydroxyl groups is 1. The lowest BCUT2D eigenvalue weighted by Gasteiger charge is -2.56. The van der Waals surface area contributed by atoms with Gasteiger partial charge in [-0.1, -0.05) is 69.2 Å². The number of allylic oxidation sites excluding steroid dienone is 1. The highest BCUT2D eigenvalue weighted by Gasteiger charge is 2.48. The molecule has 1 aliphatic carbocycles. The number of para-hydroxylation sites is 1. The smallest absolute Gasteiger partial charge is 0.243 e. The van der Waals surface area contributed by atoms with Gasteiger partial charge >= 0.3 is 0 Å². The number of thiazole rings is 1. The number of phenols is 1. The number of hydrogen-bond acceptors (Lipinski definition) is 16. The van der Waals surface area contributed by atoms with Gasteiger partial charge in [0.05, 0.1) is 33.9 Å². The zero-order valence-corrected chi connectivity index (χ0v) is 50.3. The molecule has 9 N–H and O–H groups in total. The van der Waals surface area contributed by atoms with Crippen LogP contribution >= 0.6 is 11.3 Å². The number of piperidine rings is 3. The molecule has 6 saturated heterocycles. The van der Waals surface area contributed by atoms with Gasteiger partial charge in [-0.2, -0.15) is 0 Å². The van der Waals surface area contributed by atoms with Crippen molar-refractivity contribution in [1.29, 1.82) is 0 Å². The van der Waals surface area contributed by atoms with Crippen molar-refractivity contribution in [1.82, 2.24) is 40.0 Å². The van der Waals surface area contributed by atoms with Crippen LogP contribution in [0.4, 0.5) is 5.82 Å². The Morgan fingerprint density at radius 3 is 2.17 bits per heavy atom. The Morgan fingerprint density at radius 1 is 0.864 bits per heavy atom. The number of nitrogens with zero attached hydrogens (tertiary/aromatic N) is 8. The number of carbonyl (C=O) groups excluding carboxylic acids is 2. The first-order chi connectivity index (χ1) is 39.0. The van der Waals surface area contributed by atoms with Crippen LogP contribution in [0.3, 0.4) is 0 Å². The van der Waals surface area contributed by atoms with Gasteiger partial charge in [-0.15, -0.1) is 11.3 Å². The zero-order valence-electron chi connectivity index (χ0n) is 49.4. The number of rotatable bonds is 14. The minimum absolute atomic E-state index is 0.00913. The molecule has 7 fully saturated rings. The van der Waals surface area contributed by atoms with Crippen molar-refractivity contribution in [2.45, 2.75) is 161 Å². The predicted molar refractivity (Wildman–Crippen MR) is 324 cm³/mol. The number of nitrogens with one attached hydrogen (secondary N) is 1. The monoisotopic (exact) mass is 1130 g/mol. The van der Waals surface area contributed by atoms with E-state index in [0.717, 1.165) is 98.0 Å². The molecule has 4 aromatic rings. The number of aryl methyl sites for hydroxylation is 1. The van der Waals surface area contributed by atoms with Gasteiger partial charge in [0.2, 0.25) is 11.8 Å². The Kier molecular flexibility index (Phi) is 19.8. The zero-order chi connectivity index (χ0) is 57.5. The highest BCUT2D eigenvalue weighted by atomic mass is 32.1. The van der Waals surface area contributed by atoms with Gasteiger partial charge in [0.1, 0.15) is 23.5 Å². The molecule has 442 valence electrons. The van der Waals surface area contributed by atoms with E-state index in [0.29, 0.717) is 59.4 Å². The highest BCUT2D eigenvalue weighted by Crippen LogP contribution is 2.51. The molecule has 6 aliphatic heterocycles. The van der Waals surface area contributed by atoms with Gasteiger partial charge in [0, 0.05) is 81.3 Å². The Bertz CT molecular complexity index is 2750. The number of nitrogens with two attached hydrogens (primary N) is 3. The second-order valence-corrected chi connectivity index (χ2v) is 25.5. The summed E-state index contributed by atoms with van der Waals surface area (Å²) in [6.45, 7) is 22.0. The number of carbonyl (C=O) groups is 2. The molecule has 1 spiro atoms. The Balaban J connectivity index is 0.000000264. The maximum absolute atomic E-state index is 14.2. The van der Waals surface area contributed by atoms with Crippen molar-refractivity contribution in [3.8, 4) is 16.2 Å². The van der Waals surface area contributed by atoms with Crippen molar-refractivity contribution in [2.75, 3.05) is 77.4 Å². The number of fused-ring (bicyclic) bond motifs is 2. The molecule has 2 aromatic heterocycles. The van der Waals surface area contributed by atoms with E-state index in [2.05, 4.69) is 71.3 Å². The van der Waals surface area contributed by atoms with Crippen LogP contribution in [0.1, 0.15) is 146 Å². The summed E-state index contributed by atoms with van der Waals surface area (Å²) in [5.74, 6) is 1.84. The summed E-state index contributed by atoms with van der Waals surface area (Å²) in [5.41, 5.74) is 25.4. The van der Waals surface area contributed by atoms with Gasteiger partial charge in [-0.3, -0.25) is 19.4 Å². The van der Waals surface area contributed by atoms with Gasteiger partial charge in [0.25, 0.3) is 0 Å². The topological polar surface area (TPSA) is 223 Å². The largest absolute Gasteiger partial charge is 0.507 e. The van der Waals surface area contributed by atoms with Gasteiger partial charge in [0.15, 0.2) is 11.6 Å². The first-order valence-electron chi connectivity index (χ1n) is 30.5. The summed E-state index contributed by atoms with van der Waals surface area (Å²) >= 11 is 1.63. The van der Waals surface area contributed by atoms with Crippen LogP contribution in [0.2, 0.25) is 0 Å². The minimum Gasteiger partial charge on any atom is -0.507 e. The lowest BCUT2D eigenvalue weighted by Crippen LogP contribution is -2.57. The molecule has 0 radical (unpaired) electrons. The second-order valence-electron chi connectivity index (χ2n) is 24.6. The molecule has 2 bridgehead atoms. The fraction of sp³-hybridized carbons (Fsp3) is 0.619. The summed E-state index contributed by atoms with van der Waals surface area (Å²) in [7, 11) is 2.18. The number of aliphatic hydroxyl groups is 1. The molecular weight excluding hydrogens is 1040 g/mol. The molecule has 1 saturated carbocycles. The number of hydrogen-bond donors (Lipinski definition) is 6. The van der Waals surface area contributed by atoms with Crippen LogP contribution in [-0.2, 0) is 9.59 Å². The summed E-state index contributed by atoms with van der Waals surface area (Å²) in [4.78, 5) is 47.5. The molecular formula is C63H94N12O5S. The predicted octanol–water partition coefficient (Wildman–Crippen LogP) is 8.22. The van der Waals surface area contributed by atoms with Crippen LogP contribution in [0.15, 0.2) is 82.2 Å². The third kappa shape index (κ3) is 13.9. The number of likely N-dealkylation sites (N-methyl/N-ethyl adjacent to an activating group) is 1. The molecule has 17 nitrogen and oxygen atoms in total. The summed E-state index contributed by atoms with van der Waals surface area (Å²) in [6, 6.07) is 18.3. The quantitative estimate of drug-likeness (QED) is 0.0655. The fourth-order valence-electron chi connectivity index (χ4n) is 14.1. The Morgan fingerprint density at radius 2 is 1.54 bits per heavy atom. The number of aromatic nitrogens is 2. The van der Waals surface area contributed by atoms with E-state index in [4.69, 9.17) is 21.7 Å². The summed E-state index contributed by atoms with van der Waals surface area (Å²) in [5, 5.41) is 27.8. The van der Waals surface area contributed by atoms with E-state index in [1.165, 1.54) is 64.7 Å². The maximum atomic E-state index is 14.2. The van der Waals surface area contributed by atoms with Gasteiger partial charge in [-0.05, 0) is 164 Å². The second kappa shape index (κ2) is 26.7. The molecule has 18 heteroatoms. The van der Waals surface area contributed by atoms with E-state index in [1.807, 2.05) is 59.2 Å². The lowest BCUT2D eigenvalue weighted by atomic mass is 9.59. The maximum Gasteiger partial charge on any atom is 0.243 e. The molecule has 2 aromatic carbocycles. The first-order valence-corrected chi connectivity index (χ1v) is 31.4. The summed E-state index contributed by atoms with van der Waals surface area (Å²) < 4.78 is 5.95. The van der Waals surface area contributed by atoms with Crippen LogP contribution in [0.5, 0.6) is 5.75 Å². The van der Waals surface area contributed by atoms with Crippen molar-refractivity contribution < 1.29 is 24.3 Å². The normalized spacial score (nSPS) is 24.5. The molecule has 81 heavy (non-hydrogen) atoms. The Hall–Kier alpha value is -5.66. The average molecular weight is 1130 g/mol. The van der Waals surface area contributed by atoms with Crippen molar-refractivity contribution in [3.05, 3.63) is 100 Å². The standard InChI is InChI=1S/C44H63N7O4S.C17H25N5O.C2H6/c1-29(2)40(43(54)51-18-6-8-37(51)42(53)46-30(3)33-9-11-34(12-10-33)41-31(4)45-28-56-41)38-23-39(47-55-38)49-19-13-32(14-20-49)26-48-21-15-44(16-22-48)24-35(25-44)50-17-5-7-36(52)27-50;1-21-11-6-7-12(21)10-22(9-11)15(17(19)20)8-14(18)13-4-2-3-5-16(13)23;1-2/h9-12,23,28-30,32,35-37,40,52H,5-8,13-22,24-27H2,1-4H3,(H,46,53);2-5,8,11-12,23H,6-7,9-10,18-20H2,1H3;1-2H3/b;14-8-;. The summed E-state index contributed by atoms with van der Waals surface area (Å²) in [6.07, 6.45) is 15.2. The number of likely N-dealkylation sites (tertiary alicyclic amines) is 4. The van der Waals surface area contributed by atoms with E-state index < -0.39 is 12.0 Å². The number of anilines is 1. The van der Waals surface area contributed by atoms with Crippen LogP contribution < -0.4 is 27.4 Å². The van der Waals surface area contributed by atoms with Crippen LogP contribution in [0.25, 0.3) is 16.1 Å². The third-order valence-corrected chi connectivity index (χ3v) is 20.0. The van der Waals surface area contributed by atoms with E-state index >= 15 is 0 Å². The van der Waals surface area contributed by atoms with Crippen LogP contribution in [-0.4, -0.2) is 159 Å². The molecule has 8 heterocycles. The average Bonchev–Trinajstić information content (AvgIpc) is 4.41. The molecule has 6 unspecified atom stereocenters. The fourth-order valence-corrected chi connectivity index (χ4v) is 15.0. The third-order valence-electron chi connectivity index (χ3n) is 19.0. The lowest BCUT2D eigenvalue weighted by molar-refractivity contribution is -0.141.